The summed E-state index contributed by atoms with van der Waals surface area (Å²) < 4.78 is 39.0. The van der Waals surface area contributed by atoms with Crippen LogP contribution in [0.5, 0.6) is 0 Å². The fourth-order valence-electron chi connectivity index (χ4n) is 2.67. The van der Waals surface area contributed by atoms with E-state index in [1.165, 1.54) is 0 Å². The number of hydrogen-bond donors (Lipinski definition) is 0. The Kier molecular flexibility index (Phi) is 5.50. The van der Waals surface area contributed by atoms with Crippen LogP contribution in [-0.4, -0.2) is 41.0 Å². The Balaban J connectivity index is 1.61. The van der Waals surface area contributed by atoms with Gasteiger partial charge in [0, 0.05) is 49.6 Å². The lowest BCUT2D eigenvalue weighted by molar-refractivity contribution is -0.137. The van der Waals surface area contributed by atoms with Crippen molar-refractivity contribution in [3.05, 3.63) is 51.3 Å². The summed E-state index contributed by atoms with van der Waals surface area (Å²) in [4.78, 5) is 12.4. The minimum absolute atomic E-state index is 0.0258. The second kappa shape index (κ2) is 7.47. The number of anilines is 1. The molecule has 9 heteroatoms. The topological polar surface area (TPSA) is 32.3 Å². The maximum Gasteiger partial charge on any atom is 0.417 e. The minimum atomic E-state index is -4.44. The quantitative estimate of drug-likeness (QED) is 0.722. The number of alkyl halides is 3. The normalized spacial score (nSPS) is 16.3. The van der Waals surface area contributed by atoms with E-state index in [1.807, 2.05) is 17.0 Å². The average molecular weight is 436 g/mol. The summed E-state index contributed by atoms with van der Waals surface area (Å²) >= 11 is 9.37. The second-order valence-corrected chi connectivity index (χ2v) is 7.08. The fourth-order valence-corrected chi connectivity index (χ4v) is 3.19. The van der Waals surface area contributed by atoms with Crippen LogP contribution in [0.4, 0.5) is 19.0 Å². The zero-order valence-electron chi connectivity index (χ0n) is 13.1. The van der Waals surface area contributed by atoms with Gasteiger partial charge in [-0.2, -0.15) is 13.2 Å². The molecule has 0 N–H and O–H groups in total. The van der Waals surface area contributed by atoms with E-state index in [1.54, 1.807) is 6.20 Å². The van der Waals surface area contributed by atoms with Crippen LogP contribution in [0.3, 0.4) is 0 Å². The first-order valence-electron chi connectivity index (χ1n) is 7.63. The van der Waals surface area contributed by atoms with E-state index in [9.17, 15) is 13.2 Å². The Morgan fingerprint density at radius 3 is 2.36 bits per heavy atom. The molecule has 1 fully saturated rings. The summed E-state index contributed by atoms with van der Waals surface area (Å²) in [6, 6.07) is 4.84. The molecule has 0 saturated carbocycles. The van der Waals surface area contributed by atoms with Crippen LogP contribution in [-0.2, 0) is 12.7 Å². The molecule has 0 aliphatic carbocycles. The van der Waals surface area contributed by atoms with E-state index >= 15 is 0 Å². The second-order valence-electron chi connectivity index (χ2n) is 5.76. The van der Waals surface area contributed by atoms with Crippen LogP contribution < -0.4 is 4.90 Å². The summed E-state index contributed by atoms with van der Waals surface area (Å²) in [5, 5.41) is 0.0258. The van der Waals surface area contributed by atoms with Crippen molar-refractivity contribution in [2.24, 2.45) is 0 Å². The van der Waals surface area contributed by atoms with Gasteiger partial charge in [-0.15, -0.1) is 0 Å². The van der Waals surface area contributed by atoms with Gasteiger partial charge in [-0.3, -0.25) is 9.88 Å². The first kappa shape index (κ1) is 18.4. The molecular weight excluding hydrogens is 421 g/mol. The molecule has 0 aromatic carbocycles. The zero-order chi connectivity index (χ0) is 18.0. The maximum atomic E-state index is 12.7. The highest BCUT2D eigenvalue weighted by Gasteiger charge is 2.32. The van der Waals surface area contributed by atoms with E-state index in [-0.39, 0.29) is 5.02 Å². The van der Waals surface area contributed by atoms with Crippen LogP contribution in [0.15, 0.2) is 35.1 Å². The first-order chi connectivity index (χ1) is 11.8. The molecule has 3 rings (SSSR count). The van der Waals surface area contributed by atoms with E-state index < -0.39 is 11.7 Å². The van der Waals surface area contributed by atoms with Crippen molar-refractivity contribution in [2.45, 2.75) is 12.7 Å². The molecular formula is C16H15BrClF3N4. The highest BCUT2D eigenvalue weighted by atomic mass is 79.9. The first-order valence-corrected chi connectivity index (χ1v) is 8.80. The Labute approximate surface area is 156 Å². The predicted octanol–water partition coefficient (Wildman–Crippen LogP) is 4.23. The molecule has 1 aliphatic heterocycles. The molecule has 134 valence electrons. The zero-order valence-corrected chi connectivity index (χ0v) is 15.4. The van der Waals surface area contributed by atoms with Crippen molar-refractivity contribution in [1.29, 1.82) is 0 Å². The van der Waals surface area contributed by atoms with Crippen LogP contribution in [0.2, 0.25) is 5.02 Å². The fraction of sp³-hybridized carbons (Fsp3) is 0.375. The Bertz CT molecular complexity index is 731. The molecule has 0 radical (unpaired) electrons. The Morgan fingerprint density at radius 2 is 1.80 bits per heavy atom. The Hall–Kier alpha value is -1.38. The molecule has 1 saturated heterocycles. The van der Waals surface area contributed by atoms with Crippen molar-refractivity contribution in [1.82, 2.24) is 14.9 Å². The summed E-state index contributed by atoms with van der Waals surface area (Å²) in [7, 11) is 0. The minimum Gasteiger partial charge on any atom is -0.353 e. The van der Waals surface area contributed by atoms with E-state index in [0.29, 0.717) is 18.9 Å². The van der Waals surface area contributed by atoms with Gasteiger partial charge in [-0.1, -0.05) is 11.6 Å². The predicted molar refractivity (Wildman–Crippen MR) is 93.7 cm³/mol. The van der Waals surface area contributed by atoms with Crippen molar-refractivity contribution in [2.75, 3.05) is 31.1 Å². The van der Waals surface area contributed by atoms with E-state index in [4.69, 9.17) is 11.6 Å². The SMILES string of the molecule is FC(F)(F)c1cnc(N2CCN(Cc3ccc(Br)cn3)CC2)c(Cl)c1. The molecule has 0 atom stereocenters. The monoisotopic (exact) mass is 434 g/mol. The smallest absolute Gasteiger partial charge is 0.353 e. The lowest BCUT2D eigenvalue weighted by Gasteiger charge is -2.35. The summed E-state index contributed by atoms with van der Waals surface area (Å²) in [5.74, 6) is 0.399. The van der Waals surface area contributed by atoms with Gasteiger partial charge in [0.15, 0.2) is 0 Å². The van der Waals surface area contributed by atoms with Crippen LogP contribution in [0.1, 0.15) is 11.3 Å². The van der Waals surface area contributed by atoms with Crippen LogP contribution in [0, 0.1) is 0 Å². The number of halogens is 5. The van der Waals surface area contributed by atoms with Crippen molar-refractivity contribution in [3.8, 4) is 0 Å². The van der Waals surface area contributed by atoms with Crippen LogP contribution in [0.25, 0.3) is 0 Å². The molecule has 0 unspecified atom stereocenters. The van der Waals surface area contributed by atoms with Crippen LogP contribution >= 0.6 is 27.5 Å². The number of aromatic nitrogens is 2. The van der Waals surface area contributed by atoms with Gasteiger partial charge in [0.25, 0.3) is 0 Å². The van der Waals surface area contributed by atoms with Crippen molar-refractivity contribution < 1.29 is 13.2 Å². The number of nitrogens with zero attached hydrogens (tertiary/aromatic N) is 4. The number of hydrogen-bond acceptors (Lipinski definition) is 4. The average Bonchev–Trinajstić information content (AvgIpc) is 2.57. The third-order valence-electron chi connectivity index (χ3n) is 4.00. The van der Waals surface area contributed by atoms with E-state index in [0.717, 1.165) is 42.1 Å². The number of pyridine rings is 2. The molecule has 4 nitrogen and oxygen atoms in total. The highest BCUT2D eigenvalue weighted by molar-refractivity contribution is 9.10. The van der Waals surface area contributed by atoms with E-state index in [2.05, 4.69) is 30.8 Å². The summed E-state index contributed by atoms with van der Waals surface area (Å²) in [5.41, 5.74) is 0.142. The van der Waals surface area contributed by atoms with Gasteiger partial charge >= 0.3 is 6.18 Å². The maximum absolute atomic E-state index is 12.7. The molecule has 0 amide bonds. The lowest BCUT2D eigenvalue weighted by atomic mass is 10.2. The van der Waals surface area contributed by atoms with Gasteiger partial charge in [-0.05, 0) is 34.1 Å². The van der Waals surface area contributed by atoms with Gasteiger partial charge in [0.1, 0.15) is 5.82 Å². The number of piperazine rings is 1. The largest absolute Gasteiger partial charge is 0.417 e. The molecule has 2 aromatic heterocycles. The molecule has 0 spiro atoms. The van der Waals surface area contributed by atoms with Crippen molar-refractivity contribution >= 4 is 33.3 Å². The molecule has 3 heterocycles. The standard InChI is InChI=1S/C16H15BrClF3N4/c17-12-1-2-13(22-9-12)10-24-3-5-25(6-4-24)15-14(18)7-11(8-23-15)16(19,20)21/h1-2,7-9H,3-6,10H2. The van der Waals surface area contributed by atoms with Gasteiger partial charge in [-0.25, -0.2) is 4.98 Å². The Morgan fingerprint density at radius 1 is 1.08 bits per heavy atom. The molecule has 25 heavy (non-hydrogen) atoms. The summed E-state index contributed by atoms with van der Waals surface area (Å²) in [6.07, 6.45) is -1.84. The molecule has 2 aromatic rings. The third kappa shape index (κ3) is 4.62. The lowest BCUT2D eigenvalue weighted by Crippen LogP contribution is -2.46. The van der Waals surface area contributed by atoms with Gasteiger partial charge < -0.3 is 4.90 Å². The third-order valence-corrected chi connectivity index (χ3v) is 4.74. The molecule has 1 aliphatic rings. The number of rotatable bonds is 3. The highest BCUT2D eigenvalue weighted by Crippen LogP contribution is 2.33. The molecule has 0 bridgehead atoms. The van der Waals surface area contributed by atoms with Gasteiger partial charge in [0.2, 0.25) is 0 Å². The summed E-state index contributed by atoms with van der Waals surface area (Å²) in [6.45, 7) is 3.55. The van der Waals surface area contributed by atoms with Crippen molar-refractivity contribution in [3.63, 3.8) is 0 Å². The van der Waals surface area contributed by atoms with Gasteiger partial charge in [0.05, 0.1) is 16.3 Å².